The van der Waals surface area contributed by atoms with E-state index in [1.807, 2.05) is 0 Å². The van der Waals surface area contributed by atoms with Gasteiger partial charge >= 0.3 is 0 Å². The number of nitrogens with two attached hydrogens (primary N) is 1. The molecule has 0 aliphatic carbocycles. The minimum Gasteiger partial charge on any atom is -0.496 e. The SMILES string of the molecule is Cc1ccc(C)c(C(N)C2=CCCO2)c1. The number of hydrogen-bond acceptors (Lipinski definition) is 2. The van der Waals surface area contributed by atoms with Crippen molar-refractivity contribution in [2.45, 2.75) is 26.3 Å². The molecule has 1 aromatic carbocycles. The maximum Gasteiger partial charge on any atom is 0.113 e. The van der Waals surface area contributed by atoms with Gasteiger partial charge in [-0.1, -0.05) is 23.8 Å². The number of rotatable bonds is 2. The third-order valence-electron chi connectivity index (χ3n) is 2.81. The van der Waals surface area contributed by atoms with Gasteiger partial charge in [0.25, 0.3) is 0 Å². The molecule has 0 saturated heterocycles. The summed E-state index contributed by atoms with van der Waals surface area (Å²) in [6, 6.07) is 6.25. The van der Waals surface area contributed by atoms with Crippen LogP contribution in [0.5, 0.6) is 0 Å². The minimum absolute atomic E-state index is 0.104. The van der Waals surface area contributed by atoms with Crippen molar-refractivity contribution in [3.8, 4) is 0 Å². The van der Waals surface area contributed by atoms with Crippen LogP contribution in [0.3, 0.4) is 0 Å². The highest BCUT2D eigenvalue weighted by Crippen LogP contribution is 2.26. The quantitative estimate of drug-likeness (QED) is 0.802. The second kappa shape index (κ2) is 4.07. The van der Waals surface area contributed by atoms with E-state index in [1.54, 1.807) is 0 Å². The van der Waals surface area contributed by atoms with Gasteiger partial charge in [0.2, 0.25) is 0 Å². The van der Waals surface area contributed by atoms with E-state index < -0.39 is 0 Å². The largest absolute Gasteiger partial charge is 0.496 e. The zero-order valence-electron chi connectivity index (χ0n) is 9.29. The van der Waals surface area contributed by atoms with E-state index >= 15 is 0 Å². The van der Waals surface area contributed by atoms with Gasteiger partial charge in [-0.25, -0.2) is 0 Å². The molecule has 0 saturated carbocycles. The molecule has 0 amide bonds. The van der Waals surface area contributed by atoms with Crippen LogP contribution in [-0.4, -0.2) is 6.61 Å². The summed E-state index contributed by atoms with van der Waals surface area (Å²) in [5, 5.41) is 0. The van der Waals surface area contributed by atoms with E-state index in [-0.39, 0.29) is 6.04 Å². The molecule has 1 aliphatic rings. The van der Waals surface area contributed by atoms with Crippen LogP contribution in [0.15, 0.2) is 30.0 Å². The van der Waals surface area contributed by atoms with Crippen molar-refractivity contribution >= 4 is 0 Å². The molecule has 0 bridgehead atoms. The Bertz CT molecular complexity index is 396. The summed E-state index contributed by atoms with van der Waals surface area (Å²) in [6.45, 7) is 4.94. The van der Waals surface area contributed by atoms with E-state index in [9.17, 15) is 0 Å². The Morgan fingerprint density at radius 2 is 2.13 bits per heavy atom. The molecule has 0 aromatic heterocycles. The summed E-state index contributed by atoms with van der Waals surface area (Å²) in [4.78, 5) is 0. The molecule has 2 heteroatoms. The van der Waals surface area contributed by atoms with Crippen LogP contribution >= 0.6 is 0 Å². The van der Waals surface area contributed by atoms with Crippen molar-refractivity contribution < 1.29 is 4.74 Å². The molecule has 0 radical (unpaired) electrons. The highest BCUT2D eigenvalue weighted by Gasteiger charge is 2.18. The van der Waals surface area contributed by atoms with Gasteiger partial charge in [-0.05, 0) is 31.1 Å². The molecule has 0 fully saturated rings. The second-order valence-electron chi connectivity index (χ2n) is 4.08. The van der Waals surface area contributed by atoms with Crippen LogP contribution in [0.4, 0.5) is 0 Å². The van der Waals surface area contributed by atoms with E-state index in [0.29, 0.717) is 0 Å². The highest BCUT2D eigenvalue weighted by atomic mass is 16.5. The smallest absolute Gasteiger partial charge is 0.113 e. The molecule has 0 spiro atoms. The predicted molar refractivity (Wildman–Crippen MR) is 61.5 cm³/mol. The third-order valence-corrected chi connectivity index (χ3v) is 2.81. The first-order valence-corrected chi connectivity index (χ1v) is 5.34. The lowest BCUT2D eigenvalue weighted by atomic mass is 9.98. The zero-order chi connectivity index (χ0) is 10.8. The zero-order valence-corrected chi connectivity index (χ0v) is 9.29. The topological polar surface area (TPSA) is 35.2 Å². The summed E-state index contributed by atoms with van der Waals surface area (Å²) in [5.41, 5.74) is 9.81. The van der Waals surface area contributed by atoms with Gasteiger partial charge in [0.05, 0.1) is 12.6 Å². The molecular formula is C13H17NO. The van der Waals surface area contributed by atoms with Gasteiger partial charge < -0.3 is 10.5 Å². The summed E-state index contributed by atoms with van der Waals surface area (Å²) in [7, 11) is 0. The minimum atomic E-state index is -0.104. The van der Waals surface area contributed by atoms with Gasteiger partial charge in [0, 0.05) is 6.42 Å². The standard InChI is InChI=1S/C13H17NO/c1-9-5-6-10(2)11(8-9)13(14)12-4-3-7-15-12/h4-6,8,13H,3,7,14H2,1-2H3. The average Bonchev–Trinajstić information content (AvgIpc) is 2.74. The lowest BCUT2D eigenvalue weighted by Gasteiger charge is -2.16. The Morgan fingerprint density at radius 1 is 1.33 bits per heavy atom. The highest BCUT2D eigenvalue weighted by molar-refractivity contribution is 5.36. The Hall–Kier alpha value is -1.28. The molecule has 1 aromatic rings. The lowest BCUT2D eigenvalue weighted by Crippen LogP contribution is -2.15. The number of aryl methyl sites for hydroxylation is 2. The van der Waals surface area contributed by atoms with Crippen molar-refractivity contribution in [2.75, 3.05) is 6.61 Å². The van der Waals surface area contributed by atoms with Crippen LogP contribution in [0.25, 0.3) is 0 Å². The van der Waals surface area contributed by atoms with Crippen molar-refractivity contribution in [3.05, 3.63) is 46.7 Å². The molecule has 2 rings (SSSR count). The van der Waals surface area contributed by atoms with Crippen molar-refractivity contribution in [2.24, 2.45) is 5.73 Å². The van der Waals surface area contributed by atoms with Crippen LogP contribution in [-0.2, 0) is 4.74 Å². The number of ether oxygens (including phenoxy) is 1. The summed E-state index contributed by atoms with van der Waals surface area (Å²) in [6.07, 6.45) is 3.07. The maximum absolute atomic E-state index is 6.18. The molecule has 2 N–H and O–H groups in total. The Morgan fingerprint density at radius 3 is 2.80 bits per heavy atom. The Balaban J connectivity index is 2.31. The monoisotopic (exact) mass is 203 g/mol. The van der Waals surface area contributed by atoms with Crippen molar-refractivity contribution in [1.29, 1.82) is 0 Å². The van der Waals surface area contributed by atoms with Crippen LogP contribution < -0.4 is 5.73 Å². The van der Waals surface area contributed by atoms with Gasteiger partial charge in [-0.3, -0.25) is 0 Å². The number of hydrogen-bond donors (Lipinski definition) is 1. The van der Waals surface area contributed by atoms with Crippen LogP contribution in [0.2, 0.25) is 0 Å². The van der Waals surface area contributed by atoms with Crippen LogP contribution in [0, 0.1) is 13.8 Å². The number of benzene rings is 1. The molecule has 80 valence electrons. The van der Waals surface area contributed by atoms with E-state index in [1.165, 1.54) is 16.7 Å². The van der Waals surface area contributed by atoms with Crippen molar-refractivity contribution in [3.63, 3.8) is 0 Å². The molecule has 15 heavy (non-hydrogen) atoms. The molecule has 2 nitrogen and oxygen atoms in total. The Kier molecular flexibility index (Phi) is 2.78. The fourth-order valence-corrected chi connectivity index (χ4v) is 1.90. The van der Waals surface area contributed by atoms with Crippen molar-refractivity contribution in [1.82, 2.24) is 0 Å². The van der Waals surface area contributed by atoms with Gasteiger partial charge in [-0.2, -0.15) is 0 Å². The van der Waals surface area contributed by atoms with Gasteiger partial charge in [0.15, 0.2) is 0 Å². The maximum atomic E-state index is 6.18. The predicted octanol–water partition coefficient (Wildman–Crippen LogP) is 2.61. The second-order valence-corrected chi connectivity index (χ2v) is 4.08. The first-order chi connectivity index (χ1) is 7.18. The first kappa shape index (κ1) is 10.2. The van der Waals surface area contributed by atoms with Gasteiger partial charge in [-0.15, -0.1) is 0 Å². The van der Waals surface area contributed by atoms with Gasteiger partial charge in [0.1, 0.15) is 5.76 Å². The molecule has 1 atom stereocenters. The van der Waals surface area contributed by atoms with E-state index in [4.69, 9.17) is 10.5 Å². The third kappa shape index (κ3) is 2.05. The Labute approximate surface area is 90.7 Å². The van der Waals surface area contributed by atoms with Crippen LogP contribution in [0.1, 0.15) is 29.2 Å². The summed E-state index contributed by atoms with van der Waals surface area (Å²) < 4.78 is 5.50. The molecule has 1 unspecified atom stereocenters. The normalized spacial score (nSPS) is 17.1. The fourth-order valence-electron chi connectivity index (χ4n) is 1.90. The summed E-state index contributed by atoms with van der Waals surface area (Å²) in [5.74, 6) is 0.920. The molecular weight excluding hydrogens is 186 g/mol. The van der Waals surface area contributed by atoms with E-state index in [0.717, 1.165) is 18.8 Å². The summed E-state index contributed by atoms with van der Waals surface area (Å²) >= 11 is 0. The van der Waals surface area contributed by atoms with E-state index in [2.05, 4.69) is 38.1 Å². The average molecular weight is 203 g/mol. The molecule has 1 heterocycles. The lowest BCUT2D eigenvalue weighted by molar-refractivity contribution is 0.225. The molecule has 1 aliphatic heterocycles. The fraction of sp³-hybridized carbons (Fsp3) is 0.385. The first-order valence-electron chi connectivity index (χ1n) is 5.34.